The van der Waals surface area contributed by atoms with Gasteiger partial charge in [-0.25, -0.2) is 14.8 Å². The summed E-state index contributed by atoms with van der Waals surface area (Å²) in [5.74, 6) is -0.720. The van der Waals surface area contributed by atoms with E-state index < -0.39 is 29.6 Å². The van der Waals surface area contributed by atoms with E-state index in [0.29, 0.717) is 40.0 Å². The molecule has 0 radical (unpaired) electrons. The van der Waals surface area contributed by atoms with Gasteiger partial charge in [0.05, 0.1) is 23.6 Å². The number of halogens is 1. The summed E-state index contributed by atoms with van der Waals surface area (Å²) in [7, 11) is 1.59. The summed E-state index contributed by atoms with van der Waals surface area (Å²) in [6, 6.07) is 4.70. The number of methoxy groups -OCH3 is 1. The van der Waals surface area contributed by atoms with Crippen LogP contribution >= 0.6 is 27.3 Å². The Morgan fingerprint density at radius 2 is 2.05 bits per heavy atom. The largest absolute Gasteiger partial charge is 0.495 e. The number of benzene rings is 1. The molecule has 1 saturated heterocycles. The van der Waals surface area contributed by atoms with Crippen LogP contribution in [0.2, 0.25) is 0 Å². The van der Waals surface area contributed by atoms with E-state index in [0.717, 1.165) is 42.5 Å². The van der Waals surface area contributed by atoms with Crippen molar-refractivity contribution in [1.82, 2.24) is 20.2 Å². The van der Waals surface area contributed by atoms with Crippen molar-refractivity contribution in [3.63, 3.8) is 0 Å². The number of ether oxygens (including phenoxy) is 2. The van der Waals surface area contributed by atoms with E-state index in [-0.39, 0.29) is 24.8 Å². The Hall–Kier alpha value is -3.51. The van der Waals surface area contributed by atoms with E-state index in [9.17, 15) is 19.5 Å². The first-order valence-corrected chi connectivity index (χ1v) is 16.2. The number of rotatable bonds is 5. The van der Waals surface area contributed by atoms with Crippen LogP contribution in [0.4, 0.5) is 0 Å². The Labute approximate surface area is 261 Å². The highest BCUT2D eigenvalue weighted by atomic mass is 79.9. The average molecular weight is 670 g/mol. The number of thiazole rings is 1. The third-order valence-electron chi connectivity index (χ3n) is 8.52. The molecule has 4 heterocycles. The number of hydrogen-bond acceptors (Lipinski definition) is 8. The Bertz CT molecular complexity index is 1580. The molecule has 43 heavy (non-hydrogen) atoms. The van der Waals surface area contributed by atoms with Crippen molar-refractivity contribution in [2.45, 2.75) is 69.1 Å². The maximum absolute atomic E-state index is 13.7. The lowest BCUT2D eigenvalue weighted by Gasteiger charge is -2.25. The fraction of sp³-hybridized carbons (Fsp3) is 0.452. The summed E-state index contributed by atoms with van der Waals surface area (Å²) in [5, 5.41) is 16.2. The highest BCUT2D eigenvalue weighted by molar-refractivity contribution is 9.10. The van der Waals surface area contributed by atoms with Gasteiger partial charge in [-0.15, -0.1) is 11.3 Å². The van der Waals surface area contributed by atoms with E-state index in [4.69, 9.17) is 14.5 Å². The van der Waals surface area contributed by atoms with Gasteiger partial charge in [0.15, 0.2) is 0 Å². The maximum Gasteiger partial charge on any atom is 0.330 e. The van der Waals surface area contributed by atoms with Crippen LogP contribution in [-0.4, -0.2) is 69.1 Å². The lowest BCUT2D eigenvalue weighted by molar-refractivity contribution is -0.145. The summed E-state index contributed by atoms with van der Waals surface area (Å²) in [6.45, 7) is 0.216. The molecule has 12 heteroatoms. The smallest absolute Gasteiger partial charge is 0.330 e. The van der Waals surface area contributed by atoms with Crippen molar-refractivity contribution >= 4 is 56.0 Å². The predicted molar refractivity (Wildman–Crippen MR) is 165 cm³/mol. The van der Waals surface area contributed by atoms with Crippen LogP contribution in [0.25, 0.3) is 21.6 Å². The van der Waals surface area contributed by atoms with Crippen molar-refractivity contribution in [3.8, 4) is 22.2 Å². The summed E-state index contributed by atoms with van der Waals surface area (Å²) in [6.07, 6.45) is 10.6. The van der Waals surface area contributed by atoms with Crippen LogP contribution in [0.3, 0.4) is 0 Å². The van der Waals surface area contributed by atoms with Crippen LogP contribution < -0.4 is 14.8 Å². The van der Waals surface area contributed by atoms with E-state index in [2.05, 4.69) is 26.2 Å². The molecule has 3 aromatic rings. The number of carbonyl (C=O) groups is 3. The first kappa shape index (κ1) is 29.6. The SMILES string of the molecule is COc1ccc2c(O[C@@H]3C[C@H]4C(=O)N[C@]5(C(=O)O)C[C@@H]5/C=C\CCCCCCC(=O)N4C3)cc(-c3nccs3)nc2c1Br. The van der Waals surface area contributed by atoms with Gasteiger partial charge in [-0.1, -0.05) is 25.0 Å². The highest BCUT2D eigenvalue weighted by Crippen LogP contribution is 2.46. The molecule has 6 rings (SSSR count). The van der Waals surface area contributed by atoms with Gasteiger partial charge in [-0.3, -0.25) is 9.59 Å². The van der Waals surface area contributed by atoms with Crippen molar-refractivity contribution in [2.24, 2.45) is 5.92 Å². The van der Waals surface area contributed by atoms with Crippen LogP contribution in [0, 0.1) is 5.92 Å². The average Bonchev–Trinajstić information content (AvgIpc) is 3.32. The number of carboxylic acids is 1. The maximum atomic E-state index is 13.7. The zero-order valence-corrected chi connectivity index (χ0v) is 26.2. The molecule has 1 saturated carbocycles. The highest BCUT2D eigenvalue weighted by Gasteiger charge is 2.61. The molecule has 0 unspecified atom stereocenters. The Morgan fingerprint density at radius 3 is 2.81 bits per heavy atom. The number of fused-ring (bicyclic) bond motifs is 3. The zero-order chi connectivity index (χ0) is 30.1. The van der Waals surface area contributed by atoms with Gasteiger partial charge < -0.3 is 24.8 Å². The molecule has 226 valence electrons. The Morgan fingerprint density at radius 1 is 1.21 bits per heavy atom. The molecule has 2 amide bonds. The van der Waals surface area contributed by atoms with Crippen molar-refractivity contribution < 1.29 is 29.0 Å². The molecule has 0 spiro atoms. The number of allylic oxidation sites excluding steroid dienone is 1. The molecule has 2 aromatic heterocycles. The normalized spacial score (nSPS) is 26.9. The number of hydrogen-bond donors (Lipinski definition) is 2. The topological polar surface area (TPSA) is 131 Å². The molecular weight excluding hydrogens is 636 g/mol. The van der Waals surface area contributed by atoms with Crippen LogP contribution in [0.1, 0.15) is 51.4 Å². The fourth-order valence-electron chi connectivity index (χ4n) is 6.07. The Balaban J connectivity index is 1.31. The van der Waals surface area contributed by atoms with Crippen molar-refractivity contribution in [2.75, 3.05) is 13.7 Å². The van der Waals surface area contributed by atoms with Crippen LogP contribution in [0.5, 0.6) is 11.5 Å². The van der Waals surface area contributed by atoms with Gasteiger partial charge in [0.2, 0.25) is 11.8 Å². The number of carbonyl (C=O) groups excluding carboxylic acids is 2. The van der Waals surface area contributed by atoms with E-state index in [1.807, 2.05) is 35.7 Å². The van der Waals surface area contributed by atoms with E-state index >= 15 is 0 Å². The second-order valence-corrected chi connectivity index (χ2v) is 13.0. The number of carboxylic acid groups (broad SMARTS) is 1. The van der Waals surface area contributed by atoms with E-state index in [1.165, 1.54) is 11.3 Å². The van der Waals surface area contributed by atoms with Crippen molar-refractivity contribution in [3.05, 3.63) is 46.4 Å². The third-order valence-corrected chi connectivity index (χ3v) is 10.1. The summed E-state index contributed by atoms with van der Waals surface area (Å²) in [4.78, 5) is 50.2. The summed E-state index contributed by atoms with van der Waals surface area (Å²) < 4.78 is 12.7. The number of pyridine rings is 1. The molecule has 0 bridgehead atoms. The van der Waals surface area contributed by atoms with E-state index in [1.54, 1.807) is 18.2 Å². The van der Waals surface area contributed by atoms with Gasteiger partial charge in [-0.2, -0.15) is 0 Å². The molecule has 1 aliphatic carbocycles. The summed E-state index contributed by atoms with van der Waals surface area (Å²) in [5.41, 5.74) is -0.0688. The van der Waals surface area contributed by atoms with Gasteiger partial charge in [0.1, 0.15) is 39.9 Å². The number of aliphatic carboxylic acids is 1. The second kappa shape index (κ2) is 12.2. The molecule has 4 atom stereocenters. The fourth-order valence-corrected chi connectivity index (χ4v) is 7.27. The third kappa shape index (κ3) is 5.86. The van der Waals surface area contributed by atoms with Gasteiger partial charge >= 0.3 is 5.97 Å². The molecule has 2 fully saturated rings. The van der Waals surface area contributed by atoms with Crippen LogP contribution in [0.15, 0.2) is 46.4 Å². The minimum Gasteiger partial charge on any atom is -0.495 e. The second-order valence-electron chi connectivity index (χ2n) is 11.3. The number of amides is 2. The van der Waals surface area contributed by atoms with Gasteiger partial charge in [0.25, 0.3) is 0 Å². The Kier molecular flexibility index (Phi) is 8.41. The molecule has 10 nitrogen and oxygen atoms in total. The molecule has 2 aliphatic heterocycles. The van der Waals surface area contributed by atoms with Gasteiger partial charge in [-0.05, 0) is 53.7 Å². The first-order valence-electron chi connectivity index (χ1n) is 14.6. The van der Waals surface area contributed by atoms with Crippen molar-refractivity contribution in [1.29, 1.82) is 0 Å². The molecule has 1 aromatic carbocycles. The monoisotopic (exact) mass is 668 g/mol. The lowest BCUT2D eigenvalue weighted by atomic mass is 10.1. The first-order chi connectivity index (χ1) is 20.8. The number of aromatic nitrogens is 2. The number of nitrogens with one attached hydrogen (secondary N) is 1. The molecule has 2 N–H and O–H groups in total. The summed E-state index contributed by atoms with van der Waals surface area (Å²) >= 11 is 5.08. The quantitative estimate of drug-likeness (QED) is 0.348. The standard InChI is InChI=1S/C31H33BrN4O6S/c1-41-23-11-10-20-24(15-21(29-33-12-13-43-29)34-27(20)26(23)32)42-19-14-22-28(38)35-31(30(39)40)16-18(31)8-6-4-2-3-5-7-9-25(37)36(22)17-19/h6,8,10-13,15,18-19,22H,2-5,7,9,14,16-17H2,1H3,(H,35,38)(H,39,40)/b8-6-/t18-,19+,22-,31+/m0/s1. The molecular formula is C31H33BrN4O6S. The zero-order valence-electron chi connectivity index (χ0n) is 23.8. The predicted octanol–water partition coefficient (Wildman–Crippen LogP) is 5.35. The van der Waals surface area contributed by atoms with Gasteiger partial charge in [0, 0.05) is 41.8 Å². The molecule has 3 aliphatic rings. The minimum atomic E-state index is -1.34. The van der Waals surface area contributed by atoms with Crippen LogP contribution in [-0.2, 0) is 14.4 Å². The lowest BCUT2D eigenvalue weighted by Crippen LogP contribution is -2.53. The number of nitrogens with zero attached hydrogens (tertiary/aromatic N) is 3. The minimum absolute atomic E-state index is 0.119.